The fraction of sp³-hybridized carbons (Fsp3) is 0.115. The van der Waals surface area contributed by atoms with Crippen LogP contribution in [0.3, 0.4) is 0 Å². The molecule has 3 heterocycles. The highest BCUT2D eigenvalue weighted by molar-refractivity contribution is 6.32. The van der Waals surface area contributed by atoms with Crippen molar-refractivity contribution in [3.05, 3.63) is 95.5 Å². The third-order valence-corrected chi connectivity index (χ3v) is 5.75. The highest BCUT2D eigenvalue weighted by atomic mass is 35.5. The van der Waals surface area contributed by atoms with E-state index in [2.05, 4.69) is 20.5 Å². The Hall–Kier alpha value is -4.70. The SMILES string of the molecule is CCOC(=O)c1cnn2c(-c3cccc(NC(=O)c4ccnn4COc4ccccc4Cl)c3)ccnc12. The molecular formula is C26H21ClN6O4. The van der Waals surface area contributed by atoms with Gasteiger partial charge in [-0.25, -0.2) is 19.0 Å². The number of amides is 1. The lowest BCUT2D eigenvalue weighted by molar-refractivity contribution is 0.0528. The molecule has 5 rings (SSSR count). The summed E-state index contributed by atoms with van der Waals surface area (Å²) in [7, 11) is 0. The molecule has 1 N–H and O–H groups in total. The molecular weight excluding hydrogens is 496 g/mol. The van der Waals surface area contributed by atoms with Gasteiger partial charge in [-0.15, -0.1) is 0 Å². The molecule has 0 saturated carbocycles. The zero-order valence-electron chi connectivity index (χ0n) is 19.7. The first-order valence-corrected chi connectivity index (χ1v) is 11.7. The van der Waals surface area contributed by atoms with Gasteiger partial charge in [0.2, 0.25) is 0 Å². The lowest BCUT2D eigenvalue weighted by Crippen LogP contribution is -2.19. The first-order valence-electron chi connectivity index (χ1n) is 11.4. The molecule has 37 heavy (non-hydrogen) atoms. The smallest absolute Gasteiger partial charge is 0.343 e. The summed E-state index contributed by atoms with van der Waals surface area (Å²) in [5, 5.41) is 11.9. The van der Waals surface area contributed by atoms with Gasteiger partial charge >= 0.3 is 5.97 Å². The summed E-state index contributed by atoms with van der Waals surface area (Å²) >= 11 is 6.14. The predicted octanol–water partition coefficient (Wildman–Crippen LogP) is 4.71. The average molecular weight is 517 g/mol. The molecule has 0 saturated heterocycles. The van der Waals surface area contributed by atoms with Crippen molar-refractivity contribution in [2.24, 2.45) is 0 Å². The van der Waals surface area contributed by atoms with Crippen molar-refractivity contribution in [1.82, 2.24) is 24.4 Å². The lowest BCUT2D eigenvalue weighted by Gasteiger charge is -2.12. The van der Waals surface area contributed by atoms with Crippen LogP contribution >= 0.6 is 11.6 Å². The molecule has 11 heteroatoms. The number of hydrogen-bond donors (Lipinski definition) is 1. The maximum atomic E-state index is 13.0. The number of carbonyl (C=O) groups excluding carboxylic acids is 2. The molecule has 10 nitrogen and oxygen atoms in total. The number of benzene rings is 2. The molecule has 0 atom stereocenters. The molecule has 2 aromatic carbocycles. The number of fused-ring (bicyclic) bond motifs is 1. The Morgan fingerprint density at radius 2 is 1.89 bits per heavy atom. The third-order valence-electron chi connectivity index (χ3n) is 5.44. The number of hydrogen-bond acceptors (Lipinski definition) is 7. The summed E-state index contributed by atoms with van der Waals surface area (Å²) < 4.78 is 13.8. The Labute approximate surface area is 216 Å². The zero-order chi connectivity index (χ0) is 25.8. The van der Waals surface area contributed by atoms with Gasteiger partial charge in [0, 0.05) is 23.6 Å². The van der Waals surface area contributed by atoms with E-state index in [9.17, 15) is 9.59 Å². The van der Waals surface area contributed by atoms with Gasteiger partial charge in [-0.3, -0.25) is 4.79 Å². The lowest BCUT2D eigenvalue weighted by atomic mass is 10.1. The summed E-state index contributed by atoms with van der Waals surface area (Å²) in [5.41, 5.74) is 2.99. The third kappa shape index (κ3) is 5.00. The first-order chi connectivity index (χ1) is 18.0. The number of para-hydroxylation sites is 1. The normalized spacial score (nSPS) is 10.9. The molecule has 0 aliphatic carbocycles. The number of nitrogens with one attached hydrogen (secondary N) is 1. The van der Waals surface area contributed by atoms with E-state index < -0.39 is 5.97 Å². The van der Waals surface area contributed by atoms with Crippen LogP contribution in [0.2, 0.25) is 5.02 Å². The minimum absolute atomic E-state index is 0.0105. The summed E-state index contributed by atoms with van der Waals surface area (Å²) in [6.07, 6.45) is 4.55. The molecule has 1 amide bonds. The molecule has 0 bridgehead atoms. The van der Waals surface area contributed by atoms with Gasteiger partial charge in [0.1, 0.15) is 17.0 Å². The van der Waals surface area contributed by atoms with Crippen molar-refractivity contribution in [3.8, 4) is 17.0 Å². The zero-order valence-corrected chi connectivity index (χ0v) is 20.4. The number of aromatic nitrogens is 5. The van der Waals surface area contributed by atoms with E-state index in [1.807, 2.05) is 18.2 Å². The number of ether oxygens (including phenoxy) is 2. The second-order valence-electron chi connectivity index (χ2n) is 7.80. The van der Waals surface area contributed by atoms with Crippen molar-refractivity contribution in [1.29, 1.82) is 0 Å². The fourth-order valence-electron chi connectivity index (χ4n) is 3.74. The van der Waals surface area contributed by atoms with Crippen molar-refractivity contribution in [2.45, 2.75) is 13.7 Å². The number of anilines is 1. The number of halogens is 1. The van der Waals surface area contributed by atoms with Gasteiger partial charge in [0.25, 0.3) is 5.91 Å². The van der Waals surface area contributed by atoms with Crippen LogP contribution in [-0.2, 0) is 11.5 Å². The molecule has 0 radical (unpaired) electrons. The maximum Gasteiger partial charge on any atom is 0.343 e. The van der Waals surface area contributed by atoms with E-state index in [1.54, 1.807) is 60.1 Å². The molecule has 186 valence electrons. The predicted molar refractivity (Wildman–Crippen MR) is 137 cm³/mol. The Balaban J connectivity index is 1.36. The number of carbonyl (C=O) groups is 2. The second kappa shape index (κ2) is 10.5. The van der Waals surface area contributed by atoms with Crippen LogP contribution in [0.1, 0.15) is 27.8 Å². The van der Waals surface area contributed by atoms with Crippen LogP contribution in [0.15, 0.2) is 79.3 Å². The minimum Gasteiger partial charge on any atom is -0.470 e. The standard InChI is InChI=1S/C26H21ClN6O4/c1-2-36-26(35)19-15-30-33-21(10-12-28-24(19)33)17-6-5-7-18(14-17)31-25(34)22-11-13-29-32(22)16-37-23-9-4-3-8-20(23)27/h3-15H,2,16H2,1H3,(H,31,34). The van der Waals surface area contributed by atoms with Gasteiger partial charge in [-0.2, -0.15) is 10.2 Å². The van der Waals surface area contributed by atoms with Crippen LogP contribution < -0.4 is 10.1 Å². The van der Waals surface area contributed by atoms with Crippen molar-refractivity contribution < 1.29 is 19.1 Å². The van der Waals surface area contributed by atoms with Gasteiger partial charge < -0.3 is 14.8 Å². The minimum atomic E-state index is -0.488. The maximum absolute atomic E-state index is 13.0. The molecule has 0 fully saturated rings. The first kappa shape index (κ1) is 24.0. The molecule has 0 unspecified atom stereocenters. The Morgan fingerprint density at radius 3 is 2.73 bits per heavy atom. The largest absolute Gasteiger partial charge is 0.470 e. The van der Waals surface area contributed by atoms with Gasteiger partial charge in [-0.05, 0) is 43.3 Å². The van der Waals surface area contributed by atoms with E-state index in [4.69, 9.17) is 21.1 Å². The summed E-state index contributed by atoms with van der Waals surface area (Å²) in [5.74, 6) is -0.355. The number of rotatable bonds is 8. The molecule has 0 aliphatic heterocycles. The second-order valence-corrected chi connectivity index (χ2v) is 8.21. The van der Waals surface area contributed by atoms with Crippen LogP contribution in [0.4, 0.5) is 5.69 Å². The van der Waals surface area contributed by atoms with E-state index in [0.717, 1.165) is 5.56 Å². The monoisotopic (exact) mass is 516 g/mol. The Kier molecular flexibility index (Phi) is 6.82. The van der Waals surface area contributed by atoms with Crippen LogP contribution in [-0.4, -0.2) is 42.9 Å². The van der Waals surface area contributed by atoms with Gasteiger partial charge in [0.05, 0.1) is 23.5 Å². The summed E-state index contributed by atoms with van der Waals surface area (Å²) in [4.78, 5) is 29.6. The molecule has 3 aromatic heterocycles. The van der Waals surface area contributed by atoms with Crippen molar-refractivity contribution >= 4 is 34.8 Å². The number of esters is 1. The molecule has 0 spiro atoms. The Morgan fingerprint density at radius 1 is 1.03 bits per heavy atom. The van der Waals surface area contributed by atoms with E-state index in [0.29, 0.717) is 33.5 Å². The number of nitrogens with zero attached hydrogens (tertiary/aromatic N) is 5. The molecule has 5 aromatic rings. The van der Waals surface area contributed by atoms with Crippen LogP contribution in [0.5, 0.6) is 5.75 Å². The van der Waals surface area contributed by atoms with Gasteiger partial charge in [0.15, 0.2) is 12.4 Å². The summed E-state index contributed by atoms with van der Waals surface area (Å²) in [6.45, 7) is 2.00. The van der Waals surface area contributed by atoms with Gasteiger partial charge in [-0.1, -0.05) is 35.9 Å². The van der Waals surface area contributed by atoms with E-state index >= 15 is 0 Å². The van der Waals surface area contributed by atoms with Crippen molar-refractivity contribution in [3.63, 3.8) is 0 Å². The summed E-state index contributed by atoms with van der Waals surface area (Å²) in [6, 6.07) is 17.7. The van der Waals surface area contributed by atoms with E-state index in [1.165, 1.54) is 17.1 Å². The quantitative estimate of drug-likeness (QED) is 0.297. The van der Waals surface area contributed by atoms with E-state index in [-0.39, 0.29) is 24.8 Å². The van der Waals surface area contributed by atoms with Crippen LogP contribution in [0, 0.1) is 0 Å². The average Bonchev–Trinajstić information content (AvgIpc) is 3.56. The fourth-order valence-corrected chi connectivity index (χ4v) is 3.93. The topological polar surface area (TPSA) is 113 Å². The highest BCUT2D eigenvalue weighted by Crippen LogP contribution is 2.25. The van der Waals surface area contributed by atoms with Crippen molar-refractivity contribution in [2.75, 3.05) is 11.9 Å². The highest BCUT2D eigenvalue weighted by Gasteiger charge is 2.18. The molecule has 0 aliphatic rings. The Bertz CT molecular complexity index is 1600. The van der Waals surface area contributed by atoms with Crippen LogP contribution in [0.25, 0.3) is 16.9 Å².